The molecule has 2 aliphatic heterocycles. The minimum Gasteiger partial charge on any atom is -0.481 e. The number of ether oxygens (including phenoxy) is 1. The van der Waals surface area contributed by atoms with Crippen LogP contribution < -0.4 is 0 Å². The van der Waals surface area contributed by atoms with Crippen molar-refractivity contribution in [2.75, 3.05) is 13.2 Å². The summed E-state index contributed by atoms with van der Waals surface area (Å²) in [5.74, 6) is -1.96. The van der Waals surface area contributed by atoms with E-state index in [1.807, 2.05) is 6.92 Å². The average Bonchev–Trinajstić information content (AvgIpc) is 2.91. The van der Waals surface area contributed by atoms with E-state index >= 15 is 0 Å². The maximum absolute atomic E-state index is 12.5. The zero-order chi connectivity index (χ0) is 15.4. The average molecular weight is 289 g/mol. The number of carboxylic acids is 1. The van der Waals surface area contributed by atoms with Crippen LogP contribution in [0.3, 0.4) is 0 Å². The second-order valence-corrected chi connectivity index (χ2v) is 5.78. The van der Waals surface area contributed by atoms with Crippen molar-refractivity contribution in [2.45, 2.75) is 19.9 Å². The minimum atomic E-state index is -1.28. The largest absolute Gasteiger partial charge is 0.481 e. The van der Waals surface area contributed by atoms with E-state index in [1.54, 1.807) is 18.2 Å². The Kier molecular flexibility index (Phi) is 2.88. The van der Waals surface area contributed by atoms with E-state index in [0.29, 0.717) is 11.1 Å². The van der Waals surface area contributed by atoms with Gasteiger partial charge in [-0.15, -0.1) is 0 Å². The van der Waals surface area contributed by atoms with E-state index < -0.39 is 29.2 Å². The van der Waals surface area contributed by atoms with E-state index in [1.165, 1.54) is 6.92 Å². The summed E-state index contributed by atoms with van der Waals surface area (Å²) < 4.78 is 5.24. The third-order valence-electron chi connectivity index (χ3n) is 4.29. The van der Waals surface area contributed by atoms with E-state index in [2.05, 4.69) is 0 Å². The Morgan fingerprint density at radius 1 is 1.33 bits per heavy atom. The lowest BCUT2D eigenvalue weighted by molar-refractivity contribution is -0.149. The highest BCUT2D eigenvalue weighted by atomic mass is 16.5. The van der Waals surface area contributed by atoms with Gasteiger partial charge in [0.05, 0.1) is 30.4 Å². The molecule has 1 fully saturated rings. The summed E-state index contributed by atoms with van der Waals surface area (Å²) in [5, 5.41) is 9.41. The minimum absolute atomic E-state index is 0.0145. The number of carbonyl (C=O) groups is 3. The van der Waals surface area contributed by atoms with Crippen molar-refractivity contribution in [3.8, 4) is 0 Å². The number of rotatable bonds is 2. The second kappa shape index (κ2) is 4.39. The highest BCUT2D eigenvalue weighted by molar-refractivity contribution is 6.21. The number of aryl methyl sites for hydroxylation is 1. The zero-order valence-electron chi connectivity index (χ0n) is 11.8. The van der Waals surface area contributed by atoms with Crippen LogP contribution in [0.5, 0.6) is 0 Å². The number of carbonyl (C=O) groups excluding carboxylic acids is 2. The van der Waals surface area contributed by atoms with Crippen molar-refractivity contribution in [2.24, 2.45) is 5.41 Å². The van der Waals surface area contributed by atoms with Gasteiger partial charge in [0, 0.05) is 0 Å². The molecule has 0 bridgehead atoms. The molecule has 21 heavy (non-hydrogen) atoms. The van der Waals surface area contributed by atoms with Crippen LogP contribution in [0.1, 0.15) is 33.2 Å². The molecular formula is C15H15NO5. The Morgan fingerprint density at radius 3 is 2.67 bits per heavy atom. The molecule has 1 saturated heterocycles. The maximum atomic E-state index is 12.5. The van der Waals surface area contributed by atoms with Gasteiger partial charge in [-0.2, -0.15) is 0 Å². The van der Waals surface area contributed by atoms with Crippen molar-refractivity contribution < 1.29 is 24.2 Å². The molecule has 2 amide bonds. The van der Waals surface area contributed by atoms with Gasteiger partial charge in [0.2, 0.25) is 0 Å². The van der Waals surface area contributed by atoms with Crippen LogP contribution in [0, 0.1) is 12.3 Å². The monoisotopic (exact) mass is 289 g/mol. The summed E-state index contributed by atoms with van der Waals surface area (Å²) >= 11 is 0. The van der Waals surface area contributed by atoms with E-state index in [-0.39, 0.29) is 13.2 Å². The molecule has 2 heterocycles. The van der Waals surface area contributed by atoms with Gasteiger partial charge in [0.25, 0.3) is 11.8 Å². The van der Waals surface area contributed by atoms with Gasteiger partial charge >= 0.3 is 5.97 Å². The smallest absolute Gasteiger partial charge is 0.313 e. The molecule has 1 aromatic carbocycles. The highest BCUT2D eigenvalue weighted by Gasteiger charge is 2.54. The Hall–Kier alpha value is -2.21. The van der Waals surface area contributed by atoms with Crippen LogP contribution in [-0.2, 0) is 9.53 Å². The number of carboxylic acid groups (broad SMARTS) is 1. The number of fused-ring (bicyclic) bond motifs is 1. The first kappa shape index (κ1) is 13.8. The molecule has 0 saturated carbocycles. The Morgan fingerprint density at radius 2 is 2.00 bits per heavy atom. The number of hydrogen-bond donors (Lipinski definition) is 1. The summed E-state index contributed by atoms with van der Waals surface area (Å²) in [6.45, 7) is 3.37. The van der Waals surface area contributed by atoms with Crippen molar-refractivity contribution in [1.82, 2.24) is 4.90 Å². The molecule has 2 unspecified atom stereocenters. The summed E-state index contributed by atoms with van der Waals surface area (Å²) in [6, 6.07) is 4.24. The molecule has 2 atom stereocenters. The fraction of sp³-hybridized carbons (Fsp3) is 0.400. The molecule has 1 N–H and O–H groups in total. The van der Waals surface area contributed by atoms with Gasteiger partial charge in [-0.1, -0.05) is 11.6 Å². The van der Waals surface area contributed by atoms with Gasteiger partial charge in [-0.05, 0) is 26.0 Å². The van der Waals surface area contributed by atoms with Crippen LogP contribution in [0.15, 0.2) is 18.2 Å². The first-order valence-corrected chi connectivity index (χ1v) is 6.66. The molecule has 6 heteroatoms. The fourth-order valence-electron chi connectivity index (χ4n) is 2.88. The lowest BCUT2D eigenvalue weighted by Gasteiger charge is -2.31. The van der Waals surface area contributed by atoms with Gasteiger partial charge in [0.1, 0.15) is 5.41 Å². The molecule has 0 aromatic heterocycles. The summed E-state index contributed by atoms with van der Waals surface area (Å²) in [7, 11) is 0. The predicted molar refractivity (Wildman–Crippen MR) is 72.0 cm³/mol. The maximum Gasteiger partial charge on any atom is 0.313 e. The molecule has 1 aromatic rings. The van der Waals surface area contributed by atoms with Gasteiger partial charge in [0.15, 0.2) is 0 Å². The molecule has 110 valence electrons. The number of nitrogens with zero attached hydrogens (tertiary/aromatic N) is 1. The standard InChI is InChI=1S/C15H15NO5/c1-8-3-4-9-10(5-8)13(18)16(12(9)17)11-6-21-7-15(11,2)14(19)20/h3-5,11H,6-7H2,1-2H3,(H,19,20). The second-order valence-electron chi connectivity index (χ2n) is 5.78. The van der Waals surface area contributed by atoms with E-state index in [4.69, 9.17) is 4.74 Å². The number of aliphatic carboxylic acids is 1. The first-order valence-electron chi connectivity index (χ1n) is 6.66. The molecule has 0 radical (unpaired) electrons. The third-order valence-corrected chi connectivity index (χ3v) is 4.29. The SMILES string of the molecule is Cc1ccc2c(c1)C(=O)N(C1COCC1(C)C(=O)O)C2=O. The van der Waals surface area contributed by atoms with E-state index in [0.717, 1.165) is 10.5 Å². The fourth-order valence-corrected chi connectivity index (χ4v) is 2.88. The normalized spacial score (nSPS) is 28.1. The Bertz CT molecular complexity index is 668. The van der Waals surface area contributed by atoms with Crippen LogP contribution in [-0.4, -0.2) is 47.0 Å². The zero-order valence-corrected chi connectivity index (χ0v) is 11.8. The van der Waals surface area contributed by atoms with Crippen molar-refractivity contribution in [3.05, 3.63) is 34.9 Å². The molecule has 2 aliphatic rings. The lowest BCUT2D eigenvalue weighted by atomic mass is 9.84. The number of imide groups is 1. The summed E-state index contributed by atoms with van der Waals surface area (Å²) in [5.41, 5.74) is 0.257. The molecular weight excluding hydrogens is 274 g/mol. The van der Waals surface area contributed by atoms with E-state index in [9.17, 15) is 19.5 Å². The topological polar surface area (TPSA) is 83.9 Å². The molecule has 0 aliphatic carbocycles. The number of hydrogen-bond acceptors (Lipinski definition) is 4. The van der Waals surface area contributed by atoms with Gasteiger partial charge in [-0.3, -0.25) is 19.3 Å². The van der Waals surface area contributed by atoms with Crippen molar-refractivity contribution in [1.29, 1.82) is 0 Å². The molecule has 6 nitrogen and oxygen atoms in total. The number of amides is 2. The van der Waals surface area contributed by atoms with Crippen LogP contribution >= 0.6 is 0 Å². The van der Waals surface area contributed by atoms with Crippen LogP contribution in [0.25, 0.3) is 0 Å². The summed E-state index contributed by atoms with van der Waals surface area (Å²) in [4.78, 5) is 37.5. The van der Waals surface area contributed by atoms with Crippen molar-refractivity contribution >= 4 is 17.8 Å². The van der Waals surface area contributed by atoms with Gasteiger partial charge in [-0.25, -0.2) is 0 Å². The van der Waals surface area contributed by atoms with Gasteiger partial charge < -0.3 is 9.84 Å². The predicted octanol–water partition coefficient (Wildman–Crippen LogP) is 1.08. The Balaban J connectivity index is 2.04. The molecule has 3 rings (SSSR count). The first-order chi connectivity index (χ1) is 9.86. The Labute approximate surface area is 121 Å². The highest BCUT2D eigenvalue weighted by Crippen LogP contribution is 2.37. The number of benzene rings is 1. The van der Waals surface area contributed by atoms with Crippen LogP contribution in [0.4, 0.5) is 0 Å². The van der Waals surface area contributed by atoms with Crippen LogP contribution in [0.2, 0.25) is 0 Å². The quantitative estimate of drug-likeness (QED) is 0.824. The summed E-state index contributed by atoms with van der Waals surface area (Å²) in [6.07, 6.45) is 0. The lowest BCUT2D eigenvalue weighted by Crippen LogP contribution is -2.52. The molecule has 0 spiro atoms. The third kappa shape index (κ3) is 1.79. The van der Waals surface area contributed by atoms with Crippen molar-refractivity contribution in [3.63, 3.8) is 0 Å².